The molecule has 3 aromatic rings. The van der Waals surface area contributed by atoms with Crippen molar-refractivity contribution in [2.24, 2.45) is 16.2 Å². The molecule has 0 saturated carbocycles. The molecular formula is C16H14ClN5O3. The van der Waals surface area contributed by atoms with Gasteiger partial charge in [-0.2, -0.15) is 0 Å². The fourth-order valence-corrected chi connectivity index (χ4v) is 2.46. The highest BCUT2D eigenvalue weighted by molar-refractivity contribution is 6.33. The third-order valence-electron chi connectivity index (χ3n) is 3.40. The largest absolute Gasteiger partial charge is 0.493 e. The van der Waals surface area contributed by atoms with Gasteiger partial charge in [-0.15, -0.1) is 5.11 Å². The Labute approximate surface area is 148 Å². The van der Waals surface area contributed by atoms with Gasteiger partial charge in [-0.1, -0.05) is 16.8 Å². The minimum absolute atomic E-state index is 0.351. The first kappa shape index (κ1) is 16.7. The van der Waals surface area contributed by atoms with Gasteiger partial charge in [0, 0.05) is 12.1 Å². The molecule has 2 N–H and O–H groups in total. The Morgan fingerprint density at radius 3 is 2.48 bits per heavy atom. The Balaban J connectivity index is 2.03. The van der Waals surface area contributed by atoms with Crippen molar-refractivity contribution in [2.75, 3.05) is 14.2 Å². The monoisotopic (exact) mass is 359 g/mol. The van der Waals surface area contributed by atoms with E-state index in [2.05, 4.69) is 20.3 Å². The van der Waals surface area contributed by atoms with Gasteiger partial charge in [0.2, 0.25) is 5.88 Å². The van der Waals surface area contributed by atoms with E-state index in [-0.39, 0.29) is 0 Å². The van der Waals surface area contributed by atoms with Gasteiger partial charge in [0.05, 0.1) is 30.1 Å². The zero-order valence-electron chi connectivity index (χ0n) is 13.4. The molecule has 0 fully saturated rings. The molecule has 128 valence electrons. The van der Waals surface area contributed by atoms with Crippen LogP contribution in [0, 0.1) is 0 Å². The lowest BCUT2D eigenvalue weighted by molar-refractivity contribution is 0.355. The third-order valence-corrected chi connectivity index (χ3v) is 3.71. The number of methoxy groups -OCH3 is 2. The molecule has 0 bridgehead atoms. The van der Waals surface area contributed by atoms with Crippen LogP contribution in [0.4, 0.5) is 5.69 Å². The first-order chi connectivity index (χ1) is 12.2. The van der Waals surface area contributed by atoms with Crippen LogP contribution >= 0.6 is 11.6 Å². The van der Waals surface area contributed by atoms with Gasteiger partial charge in [-0.05, 0) is 18.2 Å². The zero-order chi connectivity index (χ0) is 17.8. The topological polar surface area (TPSA) is 104 Å². The Hall–Kier alpha value is -3.13. The van der Waals surface area contributed by atoms with E-state index in [1.165, 1.54) is 6.33 Å². The number of rotatable bonds is 5. The molecule has 0 spiro atoms. The van der Waals surface area contributed by atoms with Crippen molar-refractivity contribution in [2.45, 2.75) is 0 Å². The van der Waals surface area contributed by atoms with Crippen LogP contribution in [0.25, 0.3) is 10.9 Å². The highest BCUT2D eigenvalue weighted by Crippen LogP contribution is 2.37. The number of aromatic nitrogens is 2. The molecule has 3 rings (SSSR count). The first-order valence-corrected chi connectivity index (χ1v) is 7.49. The molecule has 0 radical (unpaired) electrons. The van der Waals surface area contributed by atoms with Crippen molar-refractivity contribution < 1.29 is 14.2 Å². The third kappa shape index (κ3) is 3.38. The minimum Gasteiger partial charge on any atom is -0.493 e. The van der Waals surface area contributed by atoms with E-state index in [0.29, 0.717) is 44.7 Å². The molecule has 9 heteroatoms. The predicted octanol–water partition coefficient (Wildman–Crippen LogP) is 4.05. The number of benzene rings is 2. The normalized spacial score (nSPS) is 11.0. The zero-order valence-corrected chi connectivity index (χ0v) is 14.2. The number of hydrogen-bond donors (Lipinski definition) is 1. The summed E-state index contributed by atoms with van der Waals surface area (Å²) in [6.07, 6.45) is 1.40. The van der Waals surface area contributed by atoms with Crippen LogP contribution in [-0.4, -0.2) is 24.2 Å². The number of fused-ring (bicyclic) bond motifs is 1. The summed E-state index contributed by atoms with van der Waals surface area (Å²) < 4.78 is 16.4. The van der Waals surface area contributed by atoms with Crippen molar-refractivity contribution in [3.63, 3.8) is 0 Å². The predicted molar refractivity (Wildman–Crippen MR) is 92.9 cm³/mol. The molecular weight excluding hydrogens is 346 g/mol. The van der Waals surface area contributed by atoms with E-state index in [1.54, 1.807) is 44.6 Å². The van der Waals surface area contributed by atoms with Gasteiger partial charge in [0.25, 0.3) is 0 Å². The summed E-state index contributed by atoms with van der Waals surface area (Å²) in [6.45, 7) is 0. The Bertz CT molecular complexity index is 948. The fourth-order valence-electron chi connectivity index (χ4n) is 2.25. The lowest BCUT2D eigenvalue weighted by atomic mass is 10.2. The second-order valence-electron chi connectivity index (χ2n) is 4.83. The van der Waals surface area contributed by atoms with Gasteiger partial charge in [-0.25, -0.2) is 9.97 Å². The lowest BCUT2D eigenvalue weighted by Gasteiger charge is -2.11. The molecule has 0 aliphatic rings. The van der Waals surface area contributed by atoms with Gasteiger partial charge in [-0.3, -0.25) is 0 Å². The molecule has 0 aliphatic carbocycles. The van der Waals surface area contributed by atoms with Crippen LogP contribution in [0.15, 0.2) is 47.0 Å². The highest BCUT2D eigenvalue weighted by Gasteiger charge is 2.13. The van der Waals surface area contributed by atoms with Gasteiger partial charge < -0.3 is 20.1 Å². The maximum atomic E-state index is 6.12. The molecule has 1 heterocycles. The van der Waals surface area contributed by atoms with E-state index < -0.39 is 0 Å². The standard InChI is InChI=1S/C16H14ClN5O3/c1-23-14-6-10-13(7-15(14)24-2)19-8-20-16(10)25-9-3-4-12(21-22-18)11(17)5-9/h3-8H,1-2H3,(H2,18,21). The molecule has 0 unspecified atom stereocenters. The number of halogens is 1. The lowest BCUT2D eigenvalue weighted by Crippen LogP contribution is -1.95. The van der Waals surface area contributed by atoms with Crippen LogP contribution < -0.4 is 20.1 Å². The number of nitrogens with zero attached hydrogens (tertiary/aromatic N) is 4. The Kier molecular flexibility index (Phi) is 4.80. The summed E-state index contributed by atoms with van der Waals surface area (Å²) in [5.74, 6) is 6.99. The van der Waals surface area contributed by atoms with E-state index in [1.807, 2.05) is 0 Å². The SMILES string of the molecule is COc1cc2ncnc(Oc3ccc(N=NN)c(Cl)c3)c2cc1OC. The maximum Gasteiger partial charge on any atom is 0.230 e. The number of ether oxygens (including phenoxy) is 3. The molecule has 0 atom stereocenters. The van der Waals surface area contributed by atoms with Crippen molar-refractivity contribution in [3.8, 4) is 23.1 Å². The number of nitrogens with two attached hydrogens (primary N) is 1. The molecule has 25 heavy (non-hydrogen) atoms. The Morgan fingerprint density at radius 2 is 1.80 bits per heavy atom. The summed E-state index contributed by atoms with van der Waals surface area (Å²) in [5, 5.41) is 7.94. The molecule has 0 saturated heterocycles. The summed E-state index contributed by atoms with van der Waals surface area (Å²) in [7, 11) is 3.11. The van der Waals surface area contributed by atoms with Crippen LogP contribution in [0.3, 0.4) is 0 Å². The molecule has 1 aromatic heterocycles. The van der Waals surface area contributed by atoms with E-state index >= 15 is 0 Å². The summed E-state index contributed by atoms with van der Waals surface area (Å²) in [4.78, 5) is 8.42. The highest BCUT2D eigenvalue weighted by atomic mass is 35.5. The van der Waals surface area contributed by atoms with Crippen molar-refractivity contribution in [3.05, 3.63) is 41.7 Å². The molecule has 2 aromatic carbocycles. The van der Waals surface area contributed by atoms with Crippen molar-refractivity contribution in [1.29, 1.82) is 0 Å². The van der Waals surface area contributed by atoms with Crippen LogP contribution in [-0.2, 0) is 0 Å². The quantitative estimate of drug-likeness (QED) is 0.418. The van der Waals surface area contributed by atoms with E-state index in [0.717, 1.165) is 0 Å². The average molecular weight is 360 g/mol. The Morgan fingerprint density at radius 1 is 1.04 bits per heavy atom. The van der Waals surface area contributed by atoms with Crippen LogP contribution in [0.1, 0.15) is 0 Å². The van der Waals surface area contributed by atoms with E-state index in [4.69, 9.17) is 31.7 Å². The fraction of sp³-hybridized carbons (Fsp3) is 0.125. The summed E-state index contributed by atoms with van der Waals surface area (Å²) in [5.41, 5.74) is 1.10. The number of hydrogen-bond acceptors (Lipinski definition) is 7. The first-order valence-electron chi connectivity index (χ1n) is 7.11. The van der Waals surface area contributed by atoms with E-state index in [9.17, 15) is 0 Å². The second kappa shape index (κ2) is 7.18. The van der Waals surface area contributed by atoms with Crippen molar-refractivity contribution >= 4 is 28.2 Å². The van der Waals surface area contributed by atoms with Gasteiger partial charge in [0.15, 0.2) is 11.5 Å². The smallest absolute Gasteiger partial charge is 0.230 e. The maximum absolute atomic E-state index is 6.12. The summed E-state index contributed by atoms with van der Waals surface area (Å²) >= 11 is 6.12. The second-order valence-corrected chi connectivity index (χ2v) is 5.24. The molecule has 8 nitrogen and oxygen atoms in total. The molecule has 0 amide bonds. The van der Waals surface area contributed by atoms with Crippen LogP contribution in [0.2, 0.25) is 5.02 Å². The van der Waals surface area contributed by atoms with Gasteiger partial charge >= 0.3 is 0 Å². The average Bonchev–Trinajstić information content (AvgIpc) is 2.63. The molecule has 0 aliphatic heterocycles. The summed E-state index contributed by atoms with van der Waals surface area (Å²) in [6, 6.07) is 8.43. The minimum atomic E-state index is 0.351. The van der Waals surface area contributed by atoms with Gasteiger partial charge in [0.1, 0.15) is 17.8 Å². The van der Waals surface area contributed by atoms with Crippen LogP contribution in [0.5, 0.6) is 23.1 Å². The van der Waals surface area contributed by atoms with Crippen molar-refractivity contribution in [1.82, 2.24) is 9.97 Å².